The maximum atomic E-state index is 11.7. The van der Waals surface area contributed by atoms with Crippen molar-refractivity contribution in [3.63, 3.8) is 0 Å². The molecule has 2 aromatic heterocycles. The number of aryl methyl sites for hydroxylation is 2. The van der Waals surface area contributed by atoms with E-state index in [1.165, 1.54) is 4.88 Å². The first-order valence-corrected chi connectivity index (χ1v) is 7.86. The number of nitrogens with zero attached hydrogens (tertiary/aromatic N) is 1. The Balaban J connectivity index is 1.72. The summed E-state index contributed by atoms with van der Waals surface area (Å²) in [6.07, 6.45) is 3.19. The van der Waals surface area contributed by atoms with E-state index in [1.807, 2.05) is 19.1 Å². The number of hydrogen-bond donors (Lipinski definition) is 2. The molecule has 4 nitrogen and oxygen atoms in total. The van der Waals surface area contributed by atoms with Crippen molar-refractivity contribution in [3.05, 3.63) is 32.6 Å². The van der Waals surface area contributed by atoms with Crippen molar-refractivity contribution in [1.29, 1.82) is 0 Å². The number of hydrogen-bond acceptors (Lipinski definition) is 3. The summed E-state index contributed by atoms with van der Waals surface area (Å²) in [7, 11) is 0. The molecule has 0 aliphatic rings. The van der Waals surface area contributed by atoms with E-state index in [1.54, 1.807) is 11.3 Å². The quantitative estimate of drug-likeness (QED) is 0.840. The number of aromatic amines is 1. The third-order valence-corrected chi connectivity index (χ3v) is 4.42. The smallest absolute Gasteiger partial charge is 0.225 e. The van der Waals surface area contributed by atoms with Gasteiger partial charge in [-0.3, -0.25) is 9.89 Å². The van der Waals surface area contributed by atoms with Crippen LogP contribution in [0.5, 0.6) is 0 Å². The Hall–Kier alpha value is -1.14. The lowest BCUT2D eigenvalue weighted by Crippen LogP contribution is -2.11. The van der Waals surface area contributed by atoms with Gasteiger partial charge in [0.25, 0.3) is 0 Å². The highest BCUT2D eigenvalue weighted by Crippen LogP contribution is 2.23. The fraction of sp³-hybridized carbons (Fsp3) is 0.385. The molecule has 6 heteroatoms. The molecule has 2 aromatic rings. The van der Waals surface area contributed by atoms with Crippen LogP contribution in [0.3, 0.4) is 0 Å². The monoisotopic (exact) mass is 341 g/mol. The molecule has 0 saturated carbocycles. The first-order valence-electron chi connectivity index (χ1n) is 6.25. The van der Waals surface area contributed by atoms with Gasteiger partial charge in [0.05, 0.1) is 3.79 Å². The molecular weight excluding hydrogens is 326 g/mol. The fourth-order valence-electron chi connectivity index (χ4n) is 1.72. The zero-order valence-electron chi connectivity index (χ0n) is 10.7. The summed E-state index contributed by atoms with van der Waals surface area (Å²) in [6, 6.07) is 6.00. The largest absolute Gasteiger partial charge is 0.309 e. The first kappa shape index (κ1) is 14.3. The van der Waals surface area contributed by atoms with Gasteiger partial charge in [0.15, 0.2) is 5.82 Å². The molecule has 102 valence electrons. The number of carbonyl (C=O) groups excluding carboxylic acids is 1. The summed E-state index contributed by atoms with van der Waals surface area (Å²) in [4.78, 5) is 13.0. The van der Waals surface area contributed by atoms with Crippen LogP contribution >= 0.6 is 27.3 Å². The van der Waals surface area contributed by atoms with E-state index in [-0.39, 0.29) is 5.91 Å². The van der Waals surface area contributed by atoms with Crippen LogP contribution in [0.25, 0.3) is 0 Å². The molecule has 2 heterocycles. The minimum atomic E-state index is 0.0183. The van der Waals surface area contributed by atoms with Crippen LogP contribution in [0.2, 0.25) is 0 Å². The van der Waals surface area contributed by atoms with Crippen molar-refractivity contribution in [2.75, 3.05) is 5.32 Å². The maximum Gasteiger partial charge on any atom is 0.225 e. The van der Waals surface area contributed by atoms with Gasteiger partial charge in [0.2, 0.25) is 5.91 Å². The second kappa shape index (κ2) is 6.86. The van der Waals surface area contributed by atoms with Crippen LogP contribution in [-0.4, -0.2) is 16.1 Å². The van der Waals surface area contributed by atoms with E-state index in [0.717, 1.165) is 28.7 Å². The predicted octanol–water partition coefficient (Wildman–Crippen LogP) is 3.76. The van der Waals surface area contributed by atoms with Crippen molar-refractivity contribution < 1.29 is 4.79 Å². The highest BCUT2D eigenvalue weighted by molar-refractivity contribution is 9.11. The number of halogens is 1. The van der Waals surface area contributed by atoms with E-state index in [2.05, 4.69) is 37.5 Å². The van der Waals surface area contributed by atoms with Crippen molar-refractivity contribution in [2.24, 2.45) is 0 Å². The average molecular weight is 342 g/mol. The lowest BCUT2D eigenvalue weighted by Gasteiger charge is -2.00. The Bertz CT molecular complexity index is 550. The Morgan fingerprint density at radius 3 is 3.00 bits per heavy atom. The van der Waals surface area contributed by atoms with Crippen LogP contribution < -0.4 is 5.32 Å². The van der Waals surface area contributed by atoms with Crippen LogP contribution in [-0.2, 0) is 17.6 Å². The summed E-state index contributed by atoms with van der Waals surface area (Å²) in [5.41, 5.74) is 1.03. The number of aromatic nitrogens is 2. The van der Waals surface area contributed by atoms with E-state index < -0.39 is 0 Å². The molecule has 19 heavy (non-hydrogen) atoms. The van der Waals surface area contributed by atoms with Crippen LogP contribution in [0.1, 0.15) is 30.3 Å². The maximum absolute atomic E-state index is 11.7. The molecule has 2 N–H and O–H groups in total. The number of anilines is 1. The Morgan fingerprint density at radius 2 is 2.37 bits per heavy atom. The van der Waals surface area contributed by atoms with Gasteiger partial charge in [-0.1, -0.05) is 6.92 Å². The normalized spacial score (nSPS) is 10.6. The van der Waals surface area contributed by atoms with Crippen LogP contribution in [0.4, 0.5) is 5.82 Å². The van der Waals surface area contributed by atoms with E-state index in [9.17, 15) is 4.79 Å². The number of rotatable bonds is 6. The van der Waals surface area contributed by atoms with Gasteiger partial charge in [-0.05, 0) is 47.3 Å². The summed E-state index contributed by atoms with van der Waals surface area (Å²) >= 11 is 5.15. The lowest BCUT2D eigenvalue weighted by molar-refractivity contribution is -0.116. The molecule has 0 radical (unpaired) electrons. The van der Waals surface area contributed by atoms with Gasteiger partial charge in [-0.15, -0.1) is 11.3 Å². The molecule has 0 bridgehead atoms. The molecule has 0 aliphatic heterocycles. The van der Waals surface area contributed by atoms with Gasteiger partial charge in [-0.2, -0.15) is 5.10 Å². The zero-order chi connectivity index (χ0) is 13.7. The molecule has 0 fully saturated rings. The Morgan fingerprint density at radius 1 is 1.53 bits per heavy atom. The molecule has 0 aliphatic carbocycles. The van der Waals surface area contributed by atoms with Gasteiger partial charge in [-0.25, -0.2) is 0 Å². The topological polar surface area (TPSA) is 57.8 Å². The molecular formula is C13H16BrN3OS. The first-order chi connectivity index (χ1) is 9.17. The molecule has 0 aromatic carbocycles. The van der Waals surface area contributed by atoms with Crippen molar-refractivity contribution in [2.45, 2.75) is 32.6 Å². The molecule has 0 spiro atoms. The minimum absolute atomic E-state index is 0.0183. The molecule has 1 amide bonds. The average Bonchev–Trinajstić information content (AvgIpc) is 2.98. The van der Waals surface area contributed by atoms with E-state index >= 15 is 0 Å². The lowest BCUT2D eigenvalue weighted by atomic mass is 10.2. The predicted molar refractivity (Wildman–Crippen MR) is 81.6 cm³/mol. The standard InChI is InChI=1S/C13H16BrN3OS/c1-2-9-8-12(17-16-9)15-13(18)5-3-4-10-6-7-11(14)19-10/h6-8H,2-5H2,1H3,(H2,15,16,17,18). The van der Waals surface area contributed by atoms with Gasteiger partial charge >= 0.3 is 0 Å². The molecule has 0 atom stereocenters. The molecule has 0 saturated heterocycles. The second-order valence-electron chi connectivity index (χ2n) is 4.24. The Labute approximate surface area is 124 Å². The second-order valence-corrected chi connectivity index (χ2v) is 6.79. The number of thiophene rings is 1. The van der Waals surface area contributed by atoms with Gasteiger partial charge < -0.3 is 5.32 Å². The van der Waals surface area contributed by atoms with Crippen LogP contribution in [0.15, 0.2) is 22.0 Å². The summed E-state index contributed by atoms with van der Waals surface area (Å²) in [5, 5.41) is 9.71. The third kappa shape index (κ3) is 4.47. The fourth-order valence-corrected chi connectivity index (χ4v) is 3.25. The van der Waals surface area contributed by atoms with Crippen molar-refractivity contribution >= 4 is 39.0 Å². The number of amides is 1. The van der Waals surface area contributed by atoms with E-state index in [0.29, 0.717) is 12.2 Å². The number of nitrogens with one attached hydrogen (secondary N) is 2. The molecule has 2 rings (SSSR count). The van der Waals surface area contributed by atoms with Crippen molar-refractivity contribution in [3.8, 4) is 0 Å². The SMILES string of the molecule is CCc1cc(NC(=O)CCCc2ccc(Br)s2)n[nH]1. The van der Waals surface area contributed by atoms with Gasteiger partial charge in [0.1, 0.15) is 0 Å². The zero-order valence-corrected chi connectivity index (χ0v) is 13.1. The summed E-state index contributed by atoms with van der Waals surface area (Å²) in [6.45, 7) is 2.04. The van der Waals surface area contributed by atoms with Crippen molar-refractivity contribution in [1.82, 2.24) is 10.2 Å². The highest BCUT2D eigenvalue weighted by atomic mass is 79.9. The van der Waals surface area contributed by atoms with Gasteiger partial charge in [0, 0.05) is 23.1 Å². The van der Waals surface area contributed by atoms with Crippen LogP contribution in [0, 0.1) is 0 Å². The van der Waals surface area contributed by atoms with E-state index in [4.69, 9.17) is 0 Å². The summed E-state index contributed by atoms with van der Waals surface area (Å²) < 4.78 is 1.13. The highest BCUT2D eigenvalue weighted by Gasteiger charge is 2.06. The third-order valence-electron chi connectivity index (χ3n) is 2.74. The number of carbonyl (C=O) groups is 1. The Kier molecular flexibility index (Phi) is 5.15. The summed E-state index contributed by atoms with van der Waals surface area (Å²) in [5.74, 6) is 0.630. The minimum Gasteiger partial charge on any atom is -0.309 e. The number of H-pyrrole nitrogens is 1. The molecule has 0 unspecified atom stereocenters.